The van der Waals surface area contributed by atoms with Gasteiger partial charge in [-0.3, -0.25) is 4.79 Å². The Morgan fingerprint density at radius 1 is 1.12 bits per heavy atom. The van der Waals surface area contributed by atoms with E-state index < -0.39 is 0 Å². The molecule has 3 rings (SSSR count). The number of anilines is 1. The number of benzene rings is 1. The van der Waals surface area contributed by atoms with Gasteiger partial charge in [0, 0.05) is 16.8 Å². The quantitative estimate of drug-likeness (QED) is 0.509. The van der Waals surface area contributed by atoms with Crippen LogP contribution in [0.4, 0.5) is 5.82 Å². The number of carbonyl (C=O) groups excluding carboxylic acids is 1. The largest absolute Gasteiger partial charge is 0.335 e. The van der Waals surface area contributed by atoms with Gasteiger partial charge < -0.3 is 11.2 Å². The van der Waals surface area contributed by atoms with E-state index >= 15 is 0 Å². The Morgan fingerprint density at radius 2 is 1.84 bits per heavy atom. The van der Waals surface area contributed by atoms with E-state index in [4.69, 9.17) is 29.0 Å². The molecule has 3 aromatic rings. The zero-order valence-corrected chi connectivity index (χ0v) is 15.0. The first kappa shape index (κ1) is 17.5. The fourth-order valence-corrected chi connectivity index (χ4v) is 2.82. The predicted molar refractivity (Wildman–Crippen MR) is 99.2 cm³/mol. The summed E-state index contributed by atoms with van der Waals surface area (Å²) in [4.78, 5) is 16.0. The average molecular weight is 395 g/mol. The third-order valence-corrected chi connectivity index (χ3v) is 4.51. The first-order valence-corrected chi connectivity index (χ1v) is 8.78. The van der Waals surface area contributed by atoms with E-state index in [0.717, 1.165) is 5.56 Å². The lowest BCUT2D eigenvalue weighted by Gasteiger charge is -2.05. The molecule has 7 nitrogen and oxygen atoms in total. The summed E-state index contributed by atoms with van der Waals surface area (Å²) in [6.45, 7) is 0. The summed E-state index contributed by atoms with van der Waals surface area (Å²) in [5.74, 6) is 6.79. The van der Waals surface area contributed by atoms with Crippen LogP contribution < -0.4 is 11.2 Å². The maximum Gasteiger partial charge on any atom is 0.236 e. The normalized spacial score (nSPS) is 10.6. The van der Waals surface area contributed by atoms with Gasteiger partial charge in [0.25, 0.3) is 0 Å². The molecule has 25 heavy (non-hydrogen) atoms. The van der Waals surface area contributed by atoms with Crippen LogP contribution in [-0.4, -0.2) is 31.5 Å². The standard InChI is InChI=1S/C15H12Cl2N6OS/c16-10-3-1-9(2-4-10)14-21-22-15(23(14)18)25-8-13(24)20-12-6-5-11(17)7-19-12/h1-7H,8,18H2,(H,19,20,24). The number of pyridine rings is 1. The SMILES string of the molecule is Nn1c(SCC(=O)Nc2ccc(Cl)cn2)nnc1-c1ccc(Cl)cc1. The molecule has 0 fully saturated rings. The van der Waals surface area contributed by atoms with Crippen LogP contribution in [0.15, 0.2) is 47.8 Å². The molecule has 0 atom stereocenters. The Labute approximate surface area is 157 Å². The van der Waals surface area contributed by atoms with Gasteiger partial charge in [-0.1, -0.05) is 35.0 Å². The first-order valence-electron chi connectivity index (χ1n) is 7.03. The highest BCUT2D eigenvalue weighted by atomic mass is 35.5. The highest BCUT2D eigenvalue weighted by molar-refractivity contribution is 7.99. The Balaban J connectivity index is 1.62. The maximum atomic E-state index is 12.0. The Hall–Kier alpha value is -2.29. The minimum absolute atomic E-state index is 0.111. The molecule has 1 amide bonds. The van der Waals surface area contributed by atoms with E-state index in [2.05, 4.69) is 20.5 Å². The van der Waals surface area contributed by atoms with Gasteiger partial charge in [-0.25, -0.2) is 9.66 Å². The van der Waals surface area contributed by atoms with Gasteiger partial charge in [0.15, 0.2) is 5.82 Å². The van der Waals surface area contributed by atoms with Gasteiger partial charge in [-0.15, -0.1) is 10.2 Å². The third-order valence-electron chi connectivity index (χ3n) is 3.09. The summed E-state index contributed by atoms with van der Waals surface area (Å²) >= 11 is 12.8. The minimum atomic E-state index is -0.240. The van der Waals surface area contributed by atoms with E-state index in [1.54, 1.807) is 36.4 Å². The van der Waals surface area contributed by atoms with E-state index in [1.807, 2.05) is 0 Å². The number of nitrogens with zero attached hydrogens (tertiary/aromatic N) is 4. The number of nitrogen functional groups attached to an aromatic ring is 1. The summed E-state index contributed by atoms with van der Waals surface area (Å²) in [7, 11) is 0. The molecule has 0 aliphatic carbocycles. The summed E-state index contributed by atoms with van der Waals surface area (Å²) in [5, 5.41) is 12.3. The number of carbonyl (C=O) groups is 1. The number of amides is 1. The van der Waals surface area contributed by atoms with Crippen molar-refractivity contribution in [2.75, 3.05) is 16.9 Å². The average Bonchev–Trinajstić information content (AvgIpc) is 2.97. The molecule has 10 heteroatoms. The highest BCUT2D eigenvalue weighted by Crippen LogP contribution is 2.23. The summed E-state index contributed by atoms with van der Waals surface area (Å²) in [5.41, 5.74) is 0.779. The van der Waals surface area contributed by atoms with Crippen molar-refractivity contribution in [3.8, 4) is 11.4 Å². The van der Waals surface area contributed by atoms with Crippen LogP contribution >= 0.6 is 35.0 Å². The fraction of sp³-hybridized carbons (Fsp3) is 0.0667. The Bertz CT molecular complexity index is 882. The molecule has 0 radical (unpaired) electrons. The van der Waals surface area contributed by atoms with Crippen LogP contribution in [0, 0.1) is 0 Å². The number of nitrogens with one attached hydrogen (secondary N) is 1. The molecule has 2 heterocycles. The van der Waals surface area contributed by atoms with Crippen LogP contribution in [-0.2, 0) is 4.79 Å². The topological polar surface area (TPSA) is 98.7 Å². The minimum Gasteiger partial charge on any atom is -0.335 e. The Morgan fingerprint density at radius 3 is 2.52 bits per heavy atom. The van der Waals surface area contributed by atoms with Crippen LogP contribution in [0.3, 0.4) is 0 Å². The van der Waals surface area contributed by atoms with Gasteiger partial charge in [-0.05, 0) is 36.4 Å². The van der Waals surface area contributed by atoms with Crippen molar-refractivity contribution in [1.82, 2.24) is 19.9 Å². The van der Waals surface area contributed by atoms with Gasteiger partial charge in [0.05, 0.1) is 10.8 Å². The van der Waals surface area contributed by atoms with Crippen molar-refractivity contribution in [1.29, 1.82) is 0 Å². The number of nitrogens with two attached hydrogens (primary N) is 1. The van der Waals surface area contributed by atoms with Crippen molar-refractivity contribution in [3.63, 3.8) is 0 Å². The second-order valence-electron chi connectivity index (χ2n) is 4.88. The van der Waals surface area contributed by atoms with Crippen LogP contribution in [0.2, 0.25) is 10.0 Å². The molecule has 0 aliphatic rings. The molecule has 2 aromatic heterocycles. The number of halogens is 2. The summed E-state index contributed by atoms with van der Waals surface area (Å²) in [6, 6.07) is 10.3. The van der Waals surface area contributed by atoms with Crippen molar-refractivity contribution in [2.24, 2.45) is 0 Å². The van der Waals surface area contributed by atoms with E-state index in [1.165, 1.54) is 22.6 Å². The van der Waals surface area contributed by atoms with Crippen LogP contribution in [0.1, 0.15) is 0 Å². The smallest absolute Gasteiger partial charge is 0.236 e. The van der Waals surface area contributed by atoms with Crippen LogP contribution in [0.5, 0.6) is 0 Å². The second-order valence-corrected chi connectivity index (χ2v) is 6.70. The zero-order chi connectivity index (χ0) is 17.8. The highest BCUT2D eigenvalue weighted by Gasteiger charge is 2.14. The third kappa shape index (κ3) is 4.41. The number of aromatic nitrogens is 4. The number of hydrogen-bond donors (Lipinski definition) is 2. The molecule has 0 saturated carbocycles. The molecule has 0 bridgehead atoms. The fourth-order valence-electron chi connectivity index (χ4n) is 1.93. The number of thioether (sulfide) groups is 1. The molecule has 0 saturated heterocycles. The monoisotopic (exact) mass is 394 g/mol. The van der Waals surface area contributed by atoms with Gasteiger partial charge in [-0.2, -0.15) is 0 Å². The summed E-state index contributed by atoms with van der Waals surface area (Å²) < 4.78 is 1.34. The molecular formula is C15H12Cl2N6OS. The zero-order valence-electron chi connectivity index (χ0n) is 12.7. The van der Waals surface area contributed by atoms with Crippen molar-refractivity contribution in [2.45, 2.75) is 5.16 Å². The molecule has 0 spiro atoms. The number of hydrogen-bond acceptors (Lipinski definition) is 6. The van der Waals surface area contributed by atoms with Crippen molar-refractivity contribution >= 4 is 46.7 Å². The molecule has 0 aliphatic heterocycles. The van der Waals surface area contributed by atoms with E-state index in [-0.39, 0.29) is 11.7 Å². The molecular weight excluding hydrogens is 383 g/mol. The first-order chi connectivity index (χ1) is 12.0. The molecule has 3 N–H and O–H groups in total. The molecule has 128 valence electrons. The van der Waals surface area contributed by atoms with E-state index in [9.17, 15) is 4.79 Å². The maximum absolute atomic E-state index is 12.0. The number of rotatable bonds is 5. The molecule has 0 unspecified atom stereocenters. The van der Waals surface area contributed by atoms with Gasteiger partial charge >= 0.3 is 0 Å². The van der Waals surface area contributed by atoms with Gasteiger partial charge in [0.1, 0.15) is 5.82 Å². The van der Waals surface area contributed by atoms with Crippen LogP contribution in [0.25, 0.3) is 11.4 Å². The lowest BCUT2D eigenvalue weighted by molar-refractivity contribution is -0.113. The van der Waals surface area contributed by atoms with E-state index in [0.29, 0.717) is 26.8 Å². The molecule has 1 aromatic carbocycles. The Kier molecular flexibility index (Phi) is 5.42. The lowest BCUT2D eigenvalue weighted by Crippen LogP contribution is -2.17. The van der Waals surface area contributed by atoms with Crippen molar-refractivity contribution < 1.29 is 4.79 Å². The summed E-state index contributed by atoms with van der Waals surface area (Å²) in [6.07, 6.45) is 1.46. The second kappa shape index (κ2) is 7.73. The van der Waals surface area contributed by atoms with Crippen molar-refractivity contribution in [3.05, 3.63) is 52.6 Å². The van der Waals surface area contributed by atoms with Gasteiger partial charge in [0.2, 0.25) is 11.1 Å². The predicted octanol–water partition coefficient (Wildman–Crippen LogP) is 3.09. The lowest BCUT2D eigenvalue weighted by atomic mass is 10.2.